The van der Waals surface area contributed by atoms with Crippen LogP contribution in [0.3, 0.4) is 0 Å². The molecule has 1 aromatic heterocycles. The number of rotatable bonds is 3. The van der Waals surface area contributed by atoms with Gasteiger partial charge in [-0.2, -0.15) is 0 Å². The summed E-state index contributed by atoms with van der Waals surface area (Å²) in [5.41, 5.74) is 3.81. The van der Waals surface area contributed by atoms with Gasteiger partial charge in [0.1, 0.15) is 11.0 Å². The molecule has 2 nitrogen and oxygen atoms in total. The Labute approximate surface area is 112 Å². The Balaban J connectivity index is 1.95. The van der Waals surface area contributed by atoms with E-state index >= 15 is 0 Å². The molecule has 0 amide bonds. The van der Waals surface area contributed by atoms with Crippen LogP contribution in [0.5, 0.6) is 0 Å². The van der Waals surface area contributed by atoms with Crippen molar-refractivity contribution in [3.8, 4) is 0 Å². The zero-order valence-electron chi connectivity index (χ0n) is 10.4. The van der Waals surface area contributed by atoms with Gasteiger partial charge in [-0.25, -0.2) is 9.97 Å². The average Bonchev–Trinajstić information content (AvgIpc) is 2.30. The summed E-state index contributed by atoms with van der Waals surface area (Å²) in [6, 6.07) is 10.4. The molecule has 2 aromatic rings. The van der Waals surface area contributed by atoms with Gasteiger partial charge < -0.3 is 0 Å². The quantitative estimate of drug-likeness (QED) is 0.784. The highest BCUT2D eigenvalue weighted by atomic mass is 35.5. The lowest BCUT2D eigenvalue weighted by Crippen LogP contribution is -2.20. The summed E-state index contributed by atoms with van der Waals surface area (Å²) in [5.74, 6) is 1.21. The van der Waals surface area contributed by atoms with Crippen molar-refractivity contribution in [2.75, 3.05) is 0 Å². The van der Waals surface area contributed by atoms with Crippen LogP contribution in [0.2, 0.25) is 5.15 Å². The third-order valence-corrected chi connectivity index (χ3v) is 3.63. The van der Waals surface area contributed by atoms with Gasteiger partial charge in [0.15, 0.2) is 0 Å². The average molecular weight is 259 g/mol. The van der Waals surface area contributed by atoms with Gasteiger partial charge >= 0.3 is 0 Å². The molecule has 1 unspecified atom stereocenters. The fourth-order valence-corrected chi connectivity index (χ4v) is 2.73. The largest absolute Gasteiger partial charge is 0.237 e. The predicted octanol–water partition coefficient (Wildman–Crippen LogP) is 3.77. The third kappa shape index (κ3) is 2.01. The van der Waals surface area contributed by atoms with Crippen LogP contribution in [0.1, 0.15) is 41.9 Å². The van der Waals surface area contributed by atoms with E-state index in [4.69, 9.17) is 11.6 Å². The van der Waals surface area contributed by atoms with E-state index in [-0.39, 0.29) is 0 Å². The predicted molar refractivity (Wildman–Crippen MR) is 73.0 cm³/mol. The first kappa shape index (κ1) is 11.7. The molecule has 0 radical (unpaired) electrons. The second kappa shape index (κ2) is 4.69. The van der Waals surface area contributed by atoms with Gasteiger partial charge in [0.05, 0.1) is 0 Å². The number of hydrogen-bond donors (Lipinski definition) is 0. The van der Waals surface area contributed by atoms with E-state index in [0.29, 0.717) is 11.1 Å². The second-order valence-corrected chi connectivity index (χ2v) is 5.13. The summed E-state index contributed by atoms with van der Waals surface area (Å²) >= 11 is 6.09. The molecule has 0 spiro atoms. The number of hydrogen-bond acceptors (Lipinski definition) is 2. The smallest absolute Gasteiger partial charge is 0.138 e. The van der Waals surface area contributed by atoms with E-state index in [1.165, 1.54) is 11.1 Å². The lowest BCUT2D eigenvalue weighted by molar-refractivity contribution is 0.651. The minimum atomic E-state index is 0.329. The van der Waals surface area contributed by atoms with Gasteiger partial charge in [-0.3, -0.25) is 0 Å². The Kier molecular flexibility index (Phi) is 3.04. The fourth-order valence-electron chi connectivity index (χ4n) is 2.51. The Morgan fingerprint density at radius 2 is 2.11 bits per heavy atom. The van der Waals surface area contributed by atoms with Crippen LogP contribution in [0.4, 0.5) is 0 Å². The minimum absolute atomic E-state index is 0.329. The first-order valence-corrected chi connectivity index (χ1v) is 6.77. The first-order valence-electron chi connectivity index (χ1n) is 6.39. The molecule has 18 heavy (non-hydrogen) atoms. The van der Waals surface area contributed by atoms with E-state index in [0.717, 1.165) is 30.8 Å². The highest BCUT2D eigenvalue weighted by molar-refractivity contribution is 6.29. The zero-order chi connectivity index (χ0) is 12.5. The molecule has 3 heteroatoms. The van der Waals surface area contributed by atoms with Crippen molar-refractivity contribution in [3.05, 3.63) is 58.1 Å². The van der Waals surface area contributed by atoms with E-state index < -0.39 is 0 Å². The monoisotopic (exact) mass is 258 g/mol. The summed E-state index contributed by atoms with van der Waals surface area (Å²) in [6.45, 7) is 2.15. The number of halogens is 1. The first-order chi connectivity index (χ1) is 8.78. The lowest BCUT2D eigenvalue weighted by Gasteiger charge is -2.29. The molecule has 0 N–H and O–H groups in total. The van der Waals surface area contributed by atoms with Crippen LogP contribution in [0.25, 0.3) is 0 Å². The van der Waals surface area contributed by atoms with Crippen molar-refractivity contribution in [2.24, 2.45) is 0 Å². The van der Waals surface area contributed by atoms with Crippen LogP contribution < -0.4 is 0 Å². The van der Waals surface area contributed by atoms with Crippen molar-refractivity contribution in [1.82, 2.24) is 9.97 Å². The van der Waals surface area contributed by atoms with Gasteiger partial charge in [-0.15, -0.1) is 0 Å². The molecule has 0 aliphatic heterocycles. The van der Waals surface area contributed by atoms with Crippen LogP contribution in [0.15, 0.2) is 30.3 Å². The van der Waals surface area contributed by atoms with E-state index in [1.54, 1.807) is 0 Å². The topological polar surface area (TPSA) is 25.8 Å². The molecule has 1 aliphatic carbocycles. The Morgan fingerprint density at radius 3 is 2.89 bits per heavy atom. The molecule has 0 bridgehead atoms. The van der Waals surface area contributed by atoms with Crippen LogP contribution in [-0.2, 0) is 12.8 Å². The zero-order valence-corrected chi connectivity index (χ0v) is 11.1. The summed E-state index contributed by atoms with van der Waals surface area (Å²) < 4.78 is 0. The third-order valence-electron chi connectivity index (χ3n) is 3.44. The van der Waals surface area contributed by atoms with Crippen LogP contribution in [-0.4, -0.2) is 9.97 Å². The molecule has 1 atom stereocenters. The molecule has 0 fully saturated rings. The van der Waals surface area contributed by atoms with Gasteiger partial charge in [-0.05, 0) is 30.0 Å². The maximum Gasteiger partial charge on any atom is 0.138 e. The number of aryl methyl sites for hydroxylation is 1. The Bertz CT molecular complexity index is 580. The molecule has 1 aliphatic rings. The molecule has 0 saturated heterocycles. The van der Waals surface area contributed by atoms with E-state index in [2.05, 4.69) is 41.2 Å². The number of aromatic nitrogens is 2. The Hall–Kier alpha value is -1.41. The van der Waals surface area contributed by atoms with Crippen LogP contribution in [0, 0.1) is 0 Å². The van der Waals surface area contributed by atoms with E-state index in [9.17, 15) is 0 Å². The van der Waals surface area contributed by atoms with Gasteiger partial charge in [-0.1, -0.05) is 49.2 Å². The summed E-state index contributed by atoms with van der Waals surface area (Å²) in [5, 5.41) is 0.563. The van der Waals surface area contributed by atoms with Crippen molar-refractivity contribution < 1.29 is 0 Å². The lowest BCUT2D eigenvalue weighted by atomic mass is 9.77. The normalized spacial score (nSPS) is 17.1. The Morgan fingerprint density at radius 1 is 1.28 bits per heavy atom. The van der Waals surface area contributed by atoms with Gasteiger partial charge in [0, 0.05) is 11.6 Å². The van der Waals surface area contributed by atoms with Gasteiger partial charge in [0.25, 0.3) is 0 Å². The highest BCUT2D eigenvalue weighted by Gasteiger charge is 2.29. The highest BCUT2D eigenvalue weighted by Crippen LogP contribution is 2.38. The molecule has 92 valence electrons. The summed E-state index contributed by atoms with van der Waals surface area (Å²) in [6.07, 6.45) is 3.07. The molecule has 1 aromatic carbocycles. The summed E-state index contributed by atoms with van der Waals surface area (Å²) in [4.78, 5) is 9.04. The number of fused-ring (bicyclic) bond motifs is 1. The maximum atomic E-state index is 6.09. The molecular weight excluding hydrogens is 244 g/mol. The van der Waals surface area contributed by atoms with Crippen molar-refractivity contribution in [2.45, 2.75) is 32.1 Å². The summed E-state index contributed by atoms with van der Waals surface area (Å²) in [7, 11) is 0. The van der Waals surface area contributed by atoms with Crippen molar-refractivity contribution in [3.63, 3.8) is 0 Å². The number of benzene rings is 1. The molecule has 1 heterocycles. The second-order valence-electron chi connectivity index (χ2n) is 4.75. The molecule has 0 saturated carbocycles. The van der Waals surface area contributed by atoms with Crippen molar-refractivity contribution in [1.29, 1.82) is 0 Å². The molecule has 3 rings (SSSR count). The maximum absolute atomic E-state index is 6.09. The fraction of sp³-hybridized carbons (Fsp3) is 0.333. The van der Waals surface area contributed by atoms with Crippen LogP contribution >= 0.6 is 11.6 Å². The minimum Gasteiger partial charge on any atom is -0.237 e. The standard InChI is InChI=1S/C15H15ClN2/c1-2-5-11-9-14(16)18-15(17-11)13-8-10-6-3-4-7-12(10)13/h3-4,6-7,9,13H,2,5,8H2,1H3. The molecular formula is C15H15ClN2. The van der Waals surface area contributed by atoms with Gasteiger partial charge in [0.2, 0.25) is 0 Å². The SMILES string of the molecule is CCCc1cc(Cl)nc(C2Cc3ccccc32)n1. The van der Waals surface area contributed by atoms with Crippen molar-refractivity contribution >= 4 is 11.6 Å². The number of nitrogens with zero attached hydrogens (tertiary/aromatic N) is 2. The van der Waals surface area contributed by atoms with E-state index in [1.807, 2.05) is 6.07 Å².